The van der Waals surface area contributed by atoms with E-state index >= 15 is 0 Å². The molecule has 0 radical (unpaired) electrons. The van der Waals surface area contributed by atoms with Gasteiger partial charge >= 0.3 is 0 Å². The number of rotatable bonds is 3. The van der Waals surface area contributed by atoms with Gasteiger partial charge in [0.2, 0.25) is 0 Å². The number of halogens is 1. The van der Waals surface area contributed by atoms with Crippen molar-refractivity contribution in [1.29, 1.82) is 0 Å². The Morgan fingerprint density at radius 3 is 2.53 bits per heavy atom. The number of nitrogens with zero attached hydrogens (tertiary/aromatic N) is 1. The fourth-order valence-corrected chi connectivity index (χ4v) is 1.58. The van der Waals surface area contributed by atoms with Crippen LogP contribution in [-0.2, 0) is 0 Å². The van der Waals surface area contributed by atoms with Crippen LogP contribution in [0, 0.1) is 5.41 Å². The fourth-order valence-electron chi connectivity index (χ4n) is 1.34. The van der Waals surface area contributed by atoms with Crippen LogP contribution in [0.25, 0.3) is 0 Å². The molecule has 1 aromatic rings. The molecule has 0 amide bonds. The molecule has 15 heavy (non-hydrogen) atoms. The van der Waals surface area contributed by atoms with Crippen molar-refractivity contribution < 1.29 is 0 Å². The molecule has 0 aromatic carbocycles. The van der Waals surface area contributed by atoms with Gasteiger partial charge in [-0.05, 0) is 46.3 Å². The lowest BCUT2D eigenvalue weighted by molar-refractivity contribution is 0.348. The topological polar surface area (TPSA) is 38.9 Å². The molecular weight excluding hydrogens is 252 g/mol. The quantitative estimate of drug-likeness (QED) is 0.911. The average Bonchev–Trinajstić information content (AvgIpc) is 2.14. The van der Waals surface area contributed by atoms with E-state index in [0.29, 0.717) is 5.41 Å². The van der Waals surface area contributed by atoms with E-state index in [2.05, 4.69) is 41.7 Å². The Bertz CT molecular complexity index is 300. The van der Waals surface area contributed by atoms with Gasteiger partial charge in [-0.15, -0.1) is 0 Å². The summed E-state index contributed by atoms with van der Waals surface area (Å²) in [4.78, 5) is 4.31. The maximum Gasteiger partial charge on any atom is 0.0571 e. The first-order chi connectivity index (χ1) is 6.88. The summed E-state index contributed by atoms with van der Waals surface area (Å²) < 4.78 is 0.995. The summed E-state index contributed by atoms with van der Waals surface area (Å²) >= 11 is 3.36. The van der Waals surface area contributed by atoms with Gasteiger partial charge in [0, 0.05) is 16.7 Å². The van der Waals surface area contributed by atoms with Crippen LogP contribution < -0.4 is 5.73 Å². The van der Waals surface area contributed by atoms with Crippen LogP contribution in [0.1, 0.15) is 45.3 Å². The van der Waals surface area contributed by atoms with E-state index in [4.69, 9.17) is 5.73 Å². The number of pyridine rings is 1. The molecule has 0 bridgehead atoms. The van der Waals surface area contributed by atoms with Crippen LogP contribution in [0.4, 0.5) is 0 Å². The highest BCUT2D eigenvalue weighted by molar-refractivity contribution is 9.10. The van der Waals surface area contributed by atoms with Crippen molar-refractivity contribution in [3.05, 3.63) is 28.5 Å². The Kier molecular flexibility index (Phi) is 4.29. The van der Waals surface area contributed by atoms with Crippen molar-refractivity contribution >= 4 is 15.9 Å². The molecule has 0 saturated carbocycles. The highest BCUT2D eigenvalue weighted by atomic mass is 79.9. The predicted molar refractivity (Wildman–Crippen MR) is 67.6 cm³/mol. The Hall–Kier alpha value is -0.410. The van der Waals surface area contributed by atoms with Crippen molar-refractivity contribution in [1.82, 2.24) is 4.98 Å². The minimum Gasteiger partial charge on any atom is -0.323 e. The summed E-state index contributed by atoms with van der Waals surface area (Å²) in [6.07, 6.45) is 3.90. The first-order valence-corrected chi connectivity index (χ1v) is 6.05. The largest absolute Gasteiger partial charge is 0.323 e. The van der Waals surface area contributed by atoms with E-state index in [9.17, 15) is 0 Å². The van der Waals surface area contributed by atoms with Gasteiger partial charge < -0.3 is 5.73 Å². The molecular formula is C12H19BrN2. The number of hydrogen-bond donors (Lipinski definition) is 1. The molecule has 0 aliphatic rings. The number of nitrogens with two attached hydrogens (primary N) is 1. The van der Waals surface area contributed by atoms with E-state index in [-0.39, 0.29) is 6.04 Å². The molecule has 0 aliphatic heterocycles. The molecule has 1 rings (SSSR count). The summed E-state index contributed by atoms with van der Waals surface area (Å²) in [5.41, 5.74) is 7.39. The van der Waals surface area contributed by atoms with E-state index in [1.54, 1.807) is 6.20 Å². The Labute approximate surface area is 100 Å². The van der Waals surface area contributed by atoms with Crippen molar-refractivity contribution in [3.8, 4) is 0 Å². The number of aromatic nitrogens is 1. The second-order valence-electron chi connectivity index (χ2n) is 5.11. The number of hydrogen-bond acceptors (Lipinski definition) is 2. The SMILES string of the molecule is CC(C)(C)CCC(N)c1ccc(Br)cn1. The van der Waals surface area contributed by atoms with Gasteiger partial charge in [0.05, 0.1) is 5.69 Å². The molecule has 1 aromatic heterocycles. The predicted octanol–water partition coefficient (Wildman–Crippen LogP) is 3.67. The zero-order chi connectivity index (χ0) is 11.5. The van der Waals surface area contributed by atoms with Crippen molar-refractivity contribution in [2.24, 2.45) is 11.1 Å². The van der Waals surface area contributed by atoms with Crippen LogP contribution in [0.15, 0.2) is 22.8 Å². The van der Waals surface area contributed by atoms with E-state index in [1.165, 1.54) is 0 Å². The standard InChI is InChI=1S/C12H19BrN2/c1-12(2,3)7-6-10(14)11-5-4-9(13)8-15-11/h4-5,8,10H,6-7,14H2,1-3H3. The van der Waals surface area contributed by atoms with Gasteiger partial charge in [-0.25, -0.2) is 0 Å². The van der Waals surface area contributed by atoms with Gasteiger partial charge in [-0.1, -0.05) is 20.8 Å². The Morgan fingerprint density at radius 1 is 1.40 bits per heavy atom. The van der Waals surface area contributed by atoms with Gasteiger partial charge in [0.15, 0.2) is 0 Å². The highest BCUT2D eigenvalue weighted by Gasteiger charge is 2.14. The molecule has 84 valence electrons. The first kappa shape index (κ1) is 12.7. The van der Waals surface area contributed by atoms with Crippen molar-refractivity contribution in [2.75, 3.05) is 0 Å². The molecule has 1 heterocycles. The summed E-state index contributed by atoms with van der Waals surface area (Å²) in [7, 11) is 0. The second kappa shape index (κ2) is 5.08. The summed E-state index contributed by atoms with van der Waals surface area (Å²) in [6.45, 7) is 6.69. The van der Waals surface area contributed by atoms with Crippen LogP contribution in [-0.4, -0.2) is 4.98 Å². The minimum absolute atomic E-state index is 0.0531. The normalized spacial score (nSPS) is 13.9. The maximum absolute atomic E-state index is 6.07. The van der Waals surface area contributed by atoms with Crippen LogP contribution >= 0.6 is 15.9 Å². The van der Waals surface area contributed by atoms with E-state index < -0.39 is 0 Å². The second-order valence-corrected chi connectivity index (χ2v) is 6.02. The molecule has 0 aliphatic carbocycles. The van der Waals surface area contributed by atoms with Gasteiger partial charge in [0.25, 0.3) is 0 Å². The zero-order valence-corrected chi connectivity index (χ0v) is 11.2. The van der Waals surface area contributed by atoms with Crippen LogP contribution in [0.2, 0.25) is 0 Å². The Balaban J connectivity index is 2.54. The average molecular weight is 271 g/mol. The van der Waals surface area contributed by atoms with Crippen LogP contribution in [0.3, 0.4) is 0 Å². The van der Waals surface area contributed by atoms with Crippen molar-refractivity contribution in [2.45, 2.75) is 39.7 Å². The van der Waals surface area contributed by atoms with Crippen molar-refractivity contribution in [3.63, 3.8) is 0 Å². The third-order valence-corrected chi connectivity index (χ3v) is 2.80. The van der Waals surface area contributed by atoms with Gasteiger partial charge in [0.1, 0.15) is 0 Å². The minimum atomic E-state index is 0.0531. The molecule has 1 unspecified atom stereocenters. The molecule has 0 saturated heterocycles. The fraction of sp³-hybridized carbons (Fsp3) is 0.583. The van der Waals surface area contributed by atoms with Gasteiger partial charge in [-0.2, -0.15) is 0 Å². The van der Waals surface area contributed by atoms with Gasteiger partial charge in [-0.3, -0.25) is 4.98 Å². The molecule has 0 spiro atoms. The first-order valence-electron chi connectivity index (χ1n) is 5.25. The summed E-state index contributed by atoms with van der Waals surface area (Å²) in [5.74, 6) is 0. The highest BCUT2D eigenvalue weighted by Crippen LogP contribution is 2.25. The zero-order valence-electron chi connectivity index (χ0n) is 9.63. The third kappa shape index (κ3) is 4.76. The summed E-state index contributed by atoms with van der Waals surface area (Å²) in [6, 6.07) is 4.02. The molecule has 1 atom stereocenters. The molecule has 2 N–H and O–H groups in total. The molecule has 3 heteroatoms. The maximum atomic E-state index is 6.07. The monoisotopic (exact) mass is 270 g/mol. The van der Waals surface area contributed by atoms with E-state index in [0.717, 1.165) is 23.0 Å². The third-order valence-electron chi connectivity index (χ3n) is 2.34. The lowest BCUT2D eigenvalue weighted by Crippen LogP contribution is -2.15. The summed E-state index contributed by atoms with van der Waals surface area (Å²) in [5, 5.41) is 0. The lowest BCUT2D eigenvalue weighted by atomic mass is 9.88. The lowest BCUT2D eigenvalue weighted by Gasteiger charge is -2.20. The molecule has 2 nitrogen and oxygen atoms in total. The van der Waals surface area contributed by atoms with E-state index in [1.807, 2.05) is 12.1 Å². The van der Waals surface area contributed by atoms with Crippen LogP contribution in [0.5, 0.6) is 0 Å². The smallest absolute Gasteiger partial charge is 0.0571 e. The molecule has 0 fully saturated rings. The Morgan fingerprint density at radius 2 is 2.07 bits per heavy atom.